The van der Waals surface area contributed by atoms with Crippen molar-refractivity contribution in [1.82, 2.24) is 5.32 Å². The van der Waals surface area contributed by atoms with E-state index < -0.39 is 12.0 Å². The molecule has 0 aliphatic heterocycles. The lowest BCUT2D eigenvalue weighted by Crippen LogP contribution is -2.44. The highest BCUT2D eigenvalue weighted by atomic mass is 16.4. The van der Waals surface area contributed by atoms with Gasteiger partial charge in [-0.15, -0.1) is 0 Å². The van der Waals surface area contributed by atoms with Crippen LogP contribution in [0.5, 0.6) is 0 Å². The third kappa shape index (κ3) is 4.26. The van der Waals surface area contributed by atoms with Crippen LogP contribution in [0.1, 0.15) is 19.4 Å². The van der Waals surface area contributed by atoms with E-state index in [2.05, 4.69) is 5.32 Å². The Morgan fingerprint density at radius 2 is 1.82 bits per heavy atom. The van der Waals surface area contributed by atoms with Crippen LogP contribution in [0.2, 0.25) is 0 Å². The predicted octanol–water partition coefficient (Wildman–Crippen LogP) is 1.45. The number of carboxylic acid groups (broad SMARTS) is 1. The number of amides is 1. The predicted molar refractivity (Wildman–Crippen MR) is 64.6 cm³/mol. The van der Waals surface area contributed by atoms with Crippen LogP contribution in [0.25, 0.3) is 0 Å². The molecular weight excluding hydrogens is 218 g/mol. The van der Waals surface area contributed by atoms with E-state index in [9.17, 15) is 9.59 Å². The molecule has 1 rings (SSSR count). The SMILES string of the molecule is CC(C)[C@@H](NC(=O)Cc1ccccc1)C(=O)O. The van der Waals surface area contributed by atoms with Gasteiger partial charge in [-0.05, 0) is 11.5 Å². The average Bonchev–Trinajstić information content (AvgIpc) is 2.26. The fourth-order valence-corrected chi connectivity index (χ4v) is 1.52. The first-order valence-corrected chi connectivity index (χ1v) is 5.57. The number of hydrogen-bond donors (Lipinski definition) is 2. The minimum absolute atomic E-state index is 0.132. The van der Waals surface area contributed by atoms with E-state index in [1.165, 1.54) is 0 Å². The molecule has 2 N–H and O–H groups in total. The van der Waals surface area contributed by atoms with Crippen molar-refractivity contribution in [2.45, 2.75) is 26.3 Å². The molecule has 0 radical (unpaired) electrons. The molecule has 1 aromatic carbocycles. The van der Waals surface area contributed by atoms with Crippen molar-refractivity contribution in [3.63, 3.8) is 0 Å². The molecule has 0 fully saturated rings. The van der Waals surface area contributed by atoms with Crippen molar-refractivity contribution in [3.05, 3.63) is 35.9 Å². The van der Waals surface area contributed by atoms with Crippen molar-refractivity contribution in [3.8, 4) is 0 Å². The first kappa shape index (κ1) is 13.2. The minimum Gasteiger partial charge on any atom is -0.480 e. The van der Waals surface area contributed by atoms with Crippen LogP contribution in [0.15, 0.2) is 30.3 Å². The summed E-state index contributed by atoms with van der Waals surface area (Å²) in [5.41, 5.74) is 0.873. The average molecular weight is 235 g/mol. The van der Waals surface area contributed by atoms with Gasteiger partial charge in [0, 0.05) is 0 Å². The molecule has 0 saturated carbocycles. The quantitative estimate of drug-likeness (QED) is 0.811. The molecular formula is C13H17NO3. The smallest absolute Gasteiger partial charge is 0.326 e. The van der Waals surface area contributed by atoms with Crippen molar-refractivity contribution in [2.24, 2.45) is 5.92 Å². The third-order valence-electron chi connectivity index (χ3n) is 2.46. The Hall–Kier alpha value is -1.84. The molecule has 0 bridgehead atoms. The number of aliphatic carboxylic acids is 1. The van der Waals surface area contributed by atoms with Gasteiger partial charge in [-0.3, -0.25) is 4.79 Å². The number of rotatable bonds is 5. The maximum absolute atomic E-state index is 11.7. The second kappa shape index (κ2) is 6.03. The first-order valence-electron chi connectivity index (χ1n) is 5.57. The van der Waals surface area contributed by atoms with Crippen LogP contribution in [0.4, 0.5) is 0 Å². The van der Waals surface area contributed by atoms with Gasteiger partial charge in [0.05, 0.1) is 6.42 Å². The van der Waals surface area contributed by atoms with E-state index in [-0.39, 0.29) is 18.2 Å². The minimum atomic E-state index is -0.999. The number of hydrogen-bond acceptors (Lipinski definition) is 2. The molecule has 92 valence electrons. The Labute approximate surface area is 101 Å². The van der Waals surface area contributed by atoms with E-state index in [1.807, 2.05) is 30.3 Å². The van der Waals surface area contributed by atoms with Gasteiger partial charge < -0.3 is 10.4 Å². The molecule has 0 aromatic heterocycles. The molecule has 4 nitrogen and oxygen atoms in total. The highest BCUT2D eigenvalue weighted by Crippen LogP contribution is 2.04. The molecule has 4 heteroatoms. The van der Waals surface area contributed by atoms with Crippen molar-refractivity contribution in [2.75, 3.05) is 0 Å². The molecule has 0 unspecified atom stereocenters. The lowest BCUT2D eigenvalue weighted by Gasteiger charge is -2.17. The van der Waals surface area contributed by atoms with Gasteiger partial charge in [-0.25, -0.2) is 4.79 Å². The van der Waals surface area contributed by atoms with Crippen LogP contribution in [-0.4, -0.2) is 23.0 Å². The maximum atomic E-state index is 11.7. The van der Waals surface area contributed by atoms with Gasteiger partial charge in [0.2, 0.25) is 5.91 Å². The van der Waals surface area contributed by atoms with Crippen molar-refractivity contribution in [1.29, 1.82) is 0 Å². The lowest BCUT2D eigenvalue weighted by atomic mass is 10.0. The Morgan fingerprint density at radius 1 is 1.24 bits per heavy atom. The first-order chi connectivity index (χ1) is 8.00. The van der Waals surface area contributed by atoms with Gasteiger partial charge in [-0.2, -0.15) is 0 Å². The van der Waals surface area contributed by atoms with E-state index >= 15 is 0 Å². The van der Waals surface area contributed by atoms with Crippen LogP contribution < -0.4 is 5.32 Å². The number of nitrogens with one attached hydrogen (secondary N) is 1. The molecule has 0 saturated heterocycles. The molecule has 1 aromatic rings. The zero-order valence-electron chi connectivity index (χ0n) is 10.0. The van der Waals surface area contributed by atoms with Gasteiger partial charge in [0.15, 0.2) is 0 Å². The van der Waals surface area contributed by atoms with Gasteiger partial charge in [0.25, 0.3) is 0 Å². The summed E-state index contributed by atoms with van der Waals surface area (Å²) in [6.45, 7) is 3.53. The zero-order chi connectivity index (χ0) is 12.8. The second-order valence-corrected chi connectivity index (χ2v) is 4.29. The summed E-state index contributed by atoms with van der Waals surface area (Å²) in [5, 5.41) is 11.5. The highest BCUT2D eigenvalue weighted by molar-refractivity contribution is 5.84. The summed E-state index contributed by atoms with van der Waals surface area (Å²) < 4.78 is 0. The summed E-state index contributed by atoms with van der Waals surface area (Å²) in [4.78, 5) is 22.6. The van der Waals surface area contributed by atoms with Gasteiger partial charge in [0.1, 0.15) is 6.04 Å². The fraction of sp³-hybridized carbons (Fsp3) is 0.385. The van der Waals surface area contributed by atoms with E-state index in [0.29, 0.717) is 0 Å². The van der Waals surface area contributed by atoms with E-state index in [4.69, 9.17) is 5.11 Å². The van der Waals surface area contributed by atoms with Crippen molar-refractivity contribution >= 4 is 11.9 Å². The molecule has 17 heavy (non-hydrogen) atoms. The topological polar surface area (TPSA) is 66.4 Å². The second-order valence-electron chi connectivity index (χ2n) is 4.29. The van der Waals surface area contributed by atoms with Crippen LogP contribution in [0.3, 0.4) is 0 Å². The molecule has 1 amide bonds. The van der Waals surface area contributed by atoms with Gasteiger partial charge >= 0.3 is 5.97 Å². The van der Waals surface area contributed by atoms with Crippen LogP contribution >= 0.6 is 0 Å². The van der Waals surface area contributed by atoms with Crippen LogP contribution in [0, 0.1) is 5.92 Å². The maximum Gasteiger partial charge on any atom is 0.326 e. The summed E-state index contributed by atoms with van der Waals surface area (Å²) >= 11 is 0. The third-order valence-corrected chi connectivity index (χ3v) is 2.46. The standard InChI is InChI=1S/C13H17NO3/c1-9(2)12(13(16)17)14-11(15)8-10-6-4-3-5-7-10/h3-7,9,12H,8H2,1-2H3,(H,14,15)(H,16,17)/t12-/m1/s1. The summed E-state index contributed by atoms with van der Waals surface area (Å²) in [6, 6.07) is 8.41. The number of benzene rings is 1. The summed E-state index contributed by atoms with van der Waals surface area (Å²) in [5.74, 6) is -1.40. The number of carbonyl (C=O) groups excluding carboxylic acids is 1. The van der Waals surface area contributed by atoms with Crippen LogP contribution in [-0.2, 0) is 16.0 Å². The summed E-state index contributed by atoms with van der Waals surface area (Å²) in [7, 11) is 0. The Kier molecular flexibility index (Phi) is 4.69. The molecule has 0 aliphatic carbocycles. The molecule has 0 spiro atoms. The molecule has 1 atom stereocenters. The summed E-state index contributed by atoms with van der Waals surface area (Å²) in [6.07, 6.45) is 0.206. The largest absolute Gasteiger partial charge is 0.480 e. The normalized spacial score (nSPS) is 12.2. The number of carboxylic acids is 1. The van der Waals surface area contributed by atoms with Crippen molar-refractivity contribution < 1.29 is 14.7 Å². The Bertz CT molecular complexity index is 387. The Balaban J connectivity index is 2.57. The number of carbonyl (C=O) groups is 2. The van der Waals surface area contributed by atoms with E-state index in [0.717, 1.165) is 5.56 Å². The Morgan fingerprint density at radius 3 is 2.29 bits per heavy atom. The highest BCUT2D eigenvalue weighted by Gasteiger charge is 2.23. The molecule has 0 heterocycles. The van der Waals surface area contributed by atoms with Gasteiger partial charge in [-0.1, -0.05) is 44.2 Å². The molecule has 0 aliphatic rings. The van der Waals surface area contributed by atoms with E-state index in [1.54, 1.807) is 13.8 Å². The monoisotopic (exact) mass is 235 g/mol. The lowest BCUT2D eigenvalue weighted by molar-refractivity contribution is -0.143. The fourth-order valence-electron chi connectivity index (χ4n) is 1.52. The zero-order valence-corrected chi connectivity index (χ0v) is 10.0.